The average molecular weight is 533 g/mol. The Labute approximate surface area is 230 Å². The lowest BCUT2D eigenvalue weighted by Crippen LogP contribution is -2.25. The highest BCUT2D eigenvalue weighted by Gasteiger charge is 2.20. The van der Waals surface area contributed by atoms with Crippen LogP contribution in [0.4, 0.5) is 0 Å². The predicted octanol–water partition coefficient (Wildman–Crippen LogP) is 7.07. The van der Waals surface area contributed by atoms with E-state index in [1.807, 2.05) is 42.5 Å². The predicted molar refractivity (Wildman–Crippen MR) is 156 cm³/mol. The second-order valence-corrected chi connectivity index (χ2v) is 10.5. The molecular weight excluding hydrogens is 492 g/mol. The third-order valence-corrected chi connectivity index (χ3v) is 6.23. The fourth-order valence-corrected chi connectivity index (χ4v) is 4.35. The summed E-state index contributed by atoms with van der Waals surface area (Å²) in [4.78, 5) is 29.6. The first-order valence-electron chi connectivity index (χ1n) is 13.7. The van der Waals surface area contributed by atoms with E-state index >= 15 is 0 Å². The first-order chi connectivity index (χ1) is 18.7. The molecule has 0 atom stereocenters. The van der Waals surface area contributed by atoms with Crippen molar-refractivity contribution < 1.29 is 19.1 Å². The van der Waals surface area contributed by atoms with Crippen molar-refractivity contribution in [2.75, 3.05) is 6.61 Å². The molecule has 0 spiro atoms. The average Bonchev–Trinajstić information content (AvgIpc) is 3.35. The molecule has 1 aliphatic carbocycles. The summed E-state index contributed by atoms with van der Waals surface area (Å²) < 4.78 is 10.6. The molecule has 2 aromatic heterocycles. The van der Waals surface area contributed by atoms with Crippen molar-refractivity contribution in [1.82, 2.24) is 9.97 Å². The van der Waals surface area contributed by atoms with Gasteiger partial charge in [-0.05, 0) is 38.3 Å². The number of H-pyrrole nitrogens is 1. The number of nitrogens with one attached hydrogen (secondary N) is 1. The summed E-state index contributed by atoms with van der Waals surface area (Å²) in [5, 5.41) is 8.71. The van der Waals surface area contributed by atoms with Gasteiger partial charge in [-0.1, -0.05) is 100 Å². The van der Waals surface area contributed by atoms with Crippen LogP contribution in [0.2, 0.25) is 0 Å². The molecule has 7 nitrogen and oxygen atoms in total. The Morgan fingerprint density at radius 2 is 1.54 bits per heavy atom. The van der Waals surface area contributed by atoms with Gasteiger partial charge < -0.3 is 19.2 Å². The van der Waals surface area contributed by atoms with Gasteiger partial charge >= 0.3 is 5.97 Å². The smallest absolute Gasteiger partial charge is 0.332 e. The Balaban J connectivity index is 0.000000230. The third kappa shape index (κ3) is 8.93. The fourth-order valence-electron chi connectivity index (χ4n) is 4.35. The summed E-state index contributed by atoms with van der Waals surface area (Å²) in [5.74, 6) is 0.0848. The molecule has 0 unspecified atom stereocenters. The van der Waals surface area contributed by atoms with Gasteiger partial charge in [0.25, 0.3) is 5.56 Å². The zero-order valence-electron chi connectivity index (χ0n) is 23.5. The van der Waals surface area contributed by atoms with Crippen molar-refractivity contribution in [3.05, 3.63) is 76.8 Å². The maximum Gasteiger partial charge on any atom is 0.332 e. The Kier molecular flexibility index (Phi) is 11.1. The number of hydrogen-bond donors (Lipinski definition) is 2. The summed E-state index contributed by atoms with van der Waals surface area (Å²) in [6, 6.07) is 18.0. The lowest BCUT2D eigenvalue weighted by Gasteiger charge is -2.18. The SMILES string of the molecule is C1CCCCC1.CC(C)(C)OC(=O)CO.CCc1ccc(-c2c(-c3ccccc3)oc3nc[nH]c(=O)c23)cc1. The number of aliphatic hydroxyl groups is 1. The summed E-state index contributed by atoms with van der Waals surface area (Å²) >= 11 is 0. The van der Waals surface area contributed by atoms with Gasteiger partial charge in [-0.3, -0.25) is 4.79 Å². The molecule has 2 heterocycles. The molecule has 5 rings (SSSR count). The Hall–Kier alpha value is -3.71. The third-order valence-electron chi connectivity index (χ3n) is 6.23. The number of benzene rings is 2. The molecule has 0 bridgehead atoms. The number of esters is 1. The van der Waals surface area contributed by atoms with Crippen LogP contribution in [-0.2, 0) is 16.0 Å². The number of aromatic amines is 1. The fraction of sp³-hybridized carbons (Fsp3) is 0.406. The Morgan fingerprint density at radius 1 is 0.949 bits per heavy atom. The van der Waals surface area contributed by atoms with Crippen LogP contribution in [0.25, 0.3) is 33.6 Å². The van der Waals surface area contributed by atoms with Gasteiger partial charge in [-0.25, -0.2) is 9.78 Å². The second kappa shape index (κ2) is 14.4. The lowest BCUT2D eigenvalue weighted by molar-refractivity contribution is -0.158. The minimum Gasteiger partial charge on any atom is -0.458 e. The molecule has 1 fully saturated rings. The van der Waals surface area contributed by atoms with Gasteiger partial charge in [0.05, 0.1) is 6.33 Å². The number of rotatable bonds is 4. The Morgan fingerprint density at radius 3 is 2.03 bits per heavy atom. The molecule has 208 valence electrons. The molecule has 0 aliphatic heterocycles. The van der Waals surface area contributed by atoms with Crippen molar-refractivity contribution in [3.8, 4) is 22.5 Å². The van der Waals surface area contributed by atoms with Crippen LogP contribution in [0.15, 0.2) is 70.1 Å². The van der Waals surface area contributed by atoms with Crippen molar-refractivity contribution in [3.63, 3.8) is 0 Å². The summed E-state index contributed by atoms with van der Waals surface area (Å²) in [5.41, 5.74) is 3.58. The van der Waals surface area contributed by atoms with Crippen LogP contribution < -0.4 is 5.56 Å². The van der Waals surface area contributed by atoms with Gasteiger partial charge in [0, 0.05) is 11.1 Å². The van der Waals surface area contributed by atoms with E-state index in [0.717, 1.165) is 23.1 Å². The molecule has 1 saturated carbocycles. The van der Waals surface area contributed by atoms with Crippen molar-refractivity contribution in [1.29, 1.82) is 0 Å². The first-order valence-corrected chi connectivity index (χ1v) is 13.7. The van der Waals surface area contributed by atoms with Crippen molar-refractivity contribution >= 4 is 17.1 Å². The number of hydrogen-bond acceptors (Lipinski definition) is 6. The highest BCUT2D eigenvalue weighted by Crippen LogP contribution is 2.38. The van der Waals surface area contributed by atoms with Crippen LogP contribution in [0.5, 0.6) is 0 Å². The van der Waals surface area contributed by atoms with Crippen LogP contribution in [0.3, 0.4) is 0 Å². The monoisotopic (exact) mass is 532 g/mol. The molecule has 2 aromatic carbocycles. The van der Waals surface area contributed by atoms with E-state index in [2.05, 4.69) is 29.0 Å². The van der Waals surface area contributed by atoms with Gasteiger partial charge in [0.15, 0.2) is 0 Å². The van der Waals surface area contributed by atoms with Gasteiger partial charge in [0.1, 0.15) is 23.4 Å². The second-order valence-electron chi connectivity index (χ2n) is 10.5. The van der Waals surface area contributed by atoms with E-state index in [1.54, 1.807) is 20.8 Å². The minimum atomic E-state index is -0.581. The topological polar surface area (TPSA) is 105 Å². The van der Waals surface area contributed by atoms with Crippen LogP contribution in [0.1, 0.15) is 71.8 Å². The molecule has 0 saturated heterocycles. The van der Waals surface area contributed by atoms with Gasteiger partial charge in [-0.2, -0.15) is 0 Å². The van der Waals surface area contributed by atoms with E-state index in [0.29, 0.717) is 16.9 Å². The summed E-state index contributed by atoms with van der Waals surface area (Å²) in [7, 11) is 0. The maximum absolute atomic E-state index is 12.4. The summed E-state index contributed by atoms with van der Waals surface area (Å²) in [6.07, 6.45) is 11.3. The number of fused-ring (bicyclic) bond motifs is 1. The standard InChI is InChI=1S/C20H16N2O2.C6H12O3.C6H12/c1-2-13-8-10-14(11-9-13)16-17-19(23)21-12-22-20(17)24-18(16)15-6-4-3-5-7-15;1-6(2,3)9-5(8)4-7;1-2-4-6-5-3-1/h3-12H,2H2,1H3,(H,21,22,23);7H,4H2,1-3H3;1-6H2. The zero-order valence-corrected chi connectivity index (χ0v) is 23.5. The highest BCUT2D eigenvalue weighted by atomic mass is 16.6. The maximum atomic E-state index is 12.4. The quantitative estimate of drug-likeness (QED) is 0.272. The molecule has 0 amide bonds. The minimum absolute atomic E-state index is 0.194. The van der Waals surface area contributed by atoms with Gasteiger partial charge in [-0.15, -0.1) is 0 Å². The number of aryl methyl sites for hydroxylation is 1. The number of carbonyl (C=O) groups excluding carboxylic acids is 1. The number of nitrogens with zero attached hydrogens (tertiary/aromatic N) is 1. The Bertz CT molecular complexity index is 1350. The molecule has 39 heavy (non-hydrogen) atoms. The number of furan rings is 1. The number of aromatic nitrogens is 2. The molecule has 2 N–H and O–H groups in total. The van der Waals surface area contributed by atoms with E-state index in [-0.39, 0.29) is 5.56 Å². The summed E-state index contributed by atoms with van der Waals surface area (Å²) in [6.45, 7) is 6.82. The number of aliphatic hydroxyl groups excluding tert-OH is 1. The van der Waals surface area contributed by atoms with Crippen molar-refractivity contribution in [2.45, 2.75) is 78.2 Å². The number of ether oxygens (including phenoxy) is 1. The van der Waals surface area contributed by atoms with Crippen LogP contribution in [-0.4, -0.2) is 33.3 Å². The van der Waals surface area contributed by atoms with Gasteiger partial charge in [0.2, 0.25) is 5.71 Å². The molecule has 0 radical (unpaired) electrons. The molecule has 4 aromatic rings. The normalized spacial score (nSPS) is 13.1. The lowest BCUT2D eigenvalue weighted by atomic mass is 9.98. The molecule has 7 heteroatoms. The van der Waals surface area contributed by atoms with Crippen LogP contribution >= 0.6 is 0 Å². The zero-order chi connectivity index (χ0) is 28.3. The van der Waals surface area contributed by atoms with E-state index in [1.165, 1.54) is 50.4 Å². The molecule has 1 aliphatic rings. The largest absolute Gasteiger partial charge is 0.458 e. The van der Waals surface area contributed by atoms with E-state index in [9.17, 15) is 9.59 Å². The first kappa shape index (κ1) is 29.8. The highest BCUT2D eigenvalue weighted by molar-refractivity contribution is 5.99. The van der Waals surface area contributed by atoms with E-state index < -0.39 is 18.2 Å². The number of carbonyl (C=O) groups is 1. The van der Waals surface area contributed by atoms with E-state index in [4.69, 9.17) is 14.3 Å². The van der Waals surface area contributed by atoms with Crippen molar-refractivity contribution in [2.24, 2.45) is 0 Å². The van der Waals surface area contributed by atoms with Crippen LogP contribution in [0, 0.1) is 0 Å². The molecular formula is C32H40N2O5.